The second-order valence-corrected chi connectivity index (χ2v) is 6.56. The molecule has 118 valence electrons. The Balaban J connectivity index is 2.37. The largest absolute Gasteiger partial charge is 0.306 e. The van der Waals surface area contributed by atoms with Gasteiger partial charge in [-0.1, -0.05) is 42.1 Å². The zero-order valence-corrected chi connectivity index (χ0v) is 14.4. The van der Waals surface area contributed by atoms with Crippen molar-refractivity contribution >= 4 is 40.7 Å². The first-order chi connectivity index (χ1) is 11.0. The number of thioether (sulfide) groups is 1. The molecule has 23 heavy (non-hydrogen) atoms. The van der Waals surface area contributed by atoms with E-state index >= 15 is 0 Å². The van der Waals surface area contributed by atoms with Crippen molar-refractivity contribution < 1.29 is 4.79 Å². The van der Waals surface area contributed by atoms with Crippen molar-refractivity contribution in [1.29, 1.82) is 0 Å². The molecular weight excluding hydrogens is 330 g/mol. The number of hydrogen-bond donors (Lipinski definition) is 1. The number of nitrogens with one attached hydrogen (secondary N) is 1. The molecule has 1 heterocycles. The van der Waals surface area contributed by atoms with Gasteiger partial charge >= 0.3 is 0 Å². The Morgan fingerprint density at radius 2 is 2.09 bits per heavy atom. The predicted octanol–water partition coefficient (Wildman–Crippen LogP) is 4.77. The second-order valence-electron chi connectivity index (χ2n) is 4.82. The van der Waals surface area contributed by atoms with Crippen LogP contribution in [-0.2, 0) is 4.79 Å². The van der Waals surface area contributed by atoms with E-state index in [1.165, 1.54) is 18.1 Å². The van der Waals surface area contributed by atoms with Gasteiger partial charge in [-0.15, -0.1) is 0 Å². The molecule has 1 amide bonds. The molecule has 2 aromatic rings. The van der Waals surface area contributed by atoms with Crippen LogP contribution in [0.25, 0.3) is 5.57 Å². The van der Waals surface area contributed by atoms with Crippen LogP contribution in [0.4, 0.5) is 5.82 Å². The van der Waals surface area contributed by atoms with Gasteiger partial charge in [-0.05, 0) is 48.1 Å². The maximum atomic E-state index is 12.6. The summed E-state index contributed by atoms with van der Waals surface area (Å²) in [5.41, 5.74) is 1.71. The zero-order chi connectivity index (χ0) is 16.8. The second kappa shape index (κ2) is 7.94. The first-order valence-corrected chi connectivity index (χ1v) is 8.04. The Hall–Kier alpha value is -2.11. The van der Waals surface area contributed by atoms with Gasteiger partial charge < -0.3 is 5.32 Å². The molecule has 0 spiro atoms. The lowest BCUT2D eigenvalue weighted by molar-refractivity contribution is -0.112. The third-order valence-electron chi connectivity index (χ3n) is 2.90. The van der Waals surface area contributed by atoms with Crippen molar-refractivity contribution in [3.63, 3.8) is 0 Å². The van der Waals surface area contributed by atoms with Crippen LogP contribution < -0.4 is 5.32 Å². The van der Waals surface area contributed by atoms with Gasteiger partial charge in [0.2, 0.25) is 0 Å². The minimum Gasteiger partial charge on any atom is -0.306 e. The van der Waals surface area contributed by atoms with Crippen LogP contribution in [-0.4, -0.2) is 15.9 Å². The molecule has 1 aromatic heterocycles. The van der Waals surface area contributed by atoms with Gasteiger partial charge in [0.1, 0.15) is 12.1 Å². The maximum Gasteiger partial charge on any atom is 0.263 e. The summed E-state index contributed by atoms with van der Waals surface area (Å²) in [7, 11) is 0. The summed E-state index contributed by atoms with van der Waals surface area (Å²) in [6, 6.07) is 9.03. The summed E-state index contributed by atoms with van der Waals surface area (Å²) in [6.45, 7) is 7.62. The van der Waals surface area contributed by atoms with Crippen LogP contribution in [0.3, 0.4) is 0 Å². The molecule has 1 aromatic carbocycles. The van der Waals surface area contributed by atoms with Crippen LogP contribution in [0.15, 0.2) is 59.2 Å². The minimum absolute atomic E-state index is 0.242. The van der Waals surface area contributed by atoms with Crippen molar-refractivity contribution in [3.05, 3.63) is 69.8 Å². The molecule has 0 aliphatic carbocycles. The molecular formula is C17H16ClN3OS. The highest BCUT2D eigenvalue weighted by Gasteiger charge is 2.16. The lowest BCUT2D eigenvalue weighted by Gasteiger charge is -2.12. The molecule has 0 aliphatic rings. The molecule has 6 heteroatoms. The Kier molecular flexibility index (Phi) is 5.96. The molecule has 1 N–H and O–H groups in total. The van der Waals surface area contributed by atoms with Gasteiger partial charge in [-0.25, -0.2) is 9.97 Å². The van der Waals surface area contributed by atoms with Crippen molar-refractivity contribution in [1.82, 2.24) is 9.97 Å². The van der Waals surface area contributed by atoms with E-state index in [0.29, 0.717) is 15.7 Å². The number of aromatic nitrogens is 2. The van der Waals surface area contributed by atoms with E-state index in [-0.39, 0.29) is 5.91 Å². The highest BCUT2D eigenvalue weighted by molar-refractivity contribution is 8.07. The normalized spacial score (nSPS) is 11.6. The number of benzene rings is 1. The van der Waals surface area contributed by atoms with Crippen molar-refractivity contribution in [2.24, 2.45) is 0 Å². The van der Waals surface area contributed by atoms with E-state index in [9.17, 15) is 4.79 Å². The van der Waals surface area contributed by atoms with E-state index < -0.39 is 0 Å². The molecule has 0 saturated heterocycles. The van der Waals surface area contributed by atoms with Crippen LogP contribution in [0.1, 0.15) is 19.4 Å². The molecule has 0 atom stereocenters. The first kappa shape index (κ1) is 17.2. The van der Waals surface area contributed by atoms with E-state index in [0.717, 1.165) is 16.0 Å². The summed E-state index contributed by atoms with van der Waals surface area (Å²) in [4.78, 5) is 21.8. The molecule has 0 unspecified atom stereocenters. The van der Waals surface area contributed by atoms with Crippen molar-refractivity contribution in [3.8, 4) is 0 Å². The van der Waals surface area contributed by atoms with E-state index in [1.807, 2.05) is 32.0 Å². The van der Waals surface area contributed by atoms with Crippen LogP contribution in [0.5, 0.6) is 0 Å². The average Bonchev–Trinajstić information content (AvgIpc) is 2.52. The van der Waals surface area contributed by atoms with E-state index in [1.54, 1.807) is 18.3 Å². The molecule has 0 fully saturated rings. The SMILES string of the molecule is C=C(C)S/C(C(=O)Nc1ccncn1)=C(\C)c1cccc(Cl)c1. The Morgan fingerprint density at radius 1 is 1.30 bits per heavy atom. The van der Waals surface area contributed by atoms with Crippen molar-refractivity contribution in [2.75, 3.05) is 5.32 Å². The summed E-state index contributed by atoms with van der Waals surface area (Å²) in [5, 5.41) is 3.39. The molecule has 4 nitrogen and oxygen atoms in total. The predicted molar refractivity (Wildman–Crippen MR) is 97.1 cm³/mol. The fraction of sp³-hybridized carbons (Fsp3) is 0.118. The Labute approximate surface area is 144 Å². The number of halogens is 1. The summed E-state index contributed by atoms with van der Waals surface area (Å²) < 4.78 is 0. The van der Waals surface area contributed by atoms with Gasteiger partial charge in [0, 0.05) is 11.2 Å². The fourth-order valence-electron chi connectivity index (χ4n) is 1.86. The number of allylic oxidation sites excluding steroid dienone is 2. The van der Waals surface area contributed by atoms with Crippen molar-refractivity contribution in [2.45, 2.75) is 13.8 Å². The molecule has 0 saturated carbocycles. The van der Waals surface area contributed by atoms with Gasteiger partial charge in [0.05, 0.1) is 4.91 Å². The Bertz CT molecular complexity index is 759. The Morgan fingerprint density at radius 3 is 2.70 bits per heavy atom. The monoisotopic (exact) mass is 345 g/mol. The molecule has 0 bridgehead atoms. The topological polar surface area (TPSA) is 54.9 Å². The summed E-state index contributed by atoms with van der Waals surface area (Å²) >= 11 is 7.37. The number of rotatable bonds is 5. The zero-order valence-electron chi connectivity index (χ0n) is 12.8. The number of carbonyl (C=O) groups excluding carboxylic acids is 1. The number of hydrogen-bond acceptors (Lipinski definition) is 4. The highest BCUT2D eigenvalue weighted by atomic mass is 35.5. The van der Waals surface area contributed by atoms with Crippen LogP contribution in [0.2, 0.25) is 5.02 Å². The maximum absolute atomic E-state index is 12.6. The lowest BCUT2D eigenvalue weighted by Crippen LogP contribution is -2.15. The molecule has 0 aliphatic heterocycles. The quantitative estimate of drug-likeness (QED) is 0.793. The third-order valence-corrected chi connectivity index (χ3v) is 4.18. The number of nitrogens with zero attached hydrogens (tertiary/aromatic N) is 2. The van der Waals surface area contributed by atoms with Crippen LogP contribution in [0, 0.1) is 0 Å². The standard InChI is InChI=1S/C17H16ClN3OS/c1-11(2)23-16(12(3)13-5-4-6-14(18)9-13)17(22)21-15-7-8-19-10-20-15/h4-10H,1H2,2-3H3,(H,19,20,21,22)/b16-12+. The lowest BCUT2D eigenvalue weighted by atomic mass is 10.1. The summed E-state index contributed by atoms with van der Waals surface area (Å²) in [6.07, 6.45) is 2.95. The molecule has 0 radical (unpaired) electrons. The van der Waals surface area contributed by atoms with Gasteiger partial charge in [-0.3, -0.25) is 4.79 Å². The smallest absolute Gasteiger partial charge is 0.263 e. The fourth-order valence-corrected chi connectivity index (χ4v) is 2.81. The van der Waals surface area contributed by atoms with Gasteiger partial charge in [0.25, 0.3) is 5.91 Å². The number of carbonyl (C=O) groups is 1. The third kappa shape index (κ3) is 4.94. The number of anilines is 1. The van der Waals surface area contributed by atoms with Gasteiger partial charge in [0.15, 0.2) is 0 Å². The first-order valence-electron chi connectivity index (χ1n) is 6.85. The number of amides is 1. The summed E-state index contributed by atoms with van der Waals surface area (Å²) in [5.74, 6) is 0.206. The van der Waals surface area contributed by atoms with Crippen LogP contribution >= 0.6 is 23.4 Å². The van der Waals surface area contributed by atoms with E-state index in [2.05, 4.69) is 21.9 Å². The highest BCUT2D eigenvalue weighted by Crippen LogP contribution is 2.32. The minimum atomic E-state index is -0.242. The average molecular weight is 346 g/mol. The van der Waals surface area contributed by atoms with Gasteiger partial charge in [-0.2, -0.15) is 0 Å². The van der Waals surface area contributed by atoms with E-state index in [4.69, 9.17) is 11.6 Å². The molecule has 2 rings (SSSR count).